The smallest absolute Gasteiger partial charge is 0.329 e. The number of anilines is 1. The van der Waals surface area contributed by atoms with Crippen LogP contribution in [0, 0.1) is 23.7 Å². The monoisotopic (exact) mass is 1020 g/mol. The van der Waals surface area contributed by atoms with Crippen LogP contribution in [0.2, 0.25) is 0 Å². The predicted molar refractivity (Wildman–Crippen MR) is 284 cm³/mol. The number of aliphatic hydroxyl groups is 2. The van der Waals surface area contributed by atoms with E-state index in [1.807, 2.05) is 103 Å². The second-order valence-electron chi connectivity index (χ2n) is 19.6. The van der Waals surface area contributed by atoms with Crippen LogP contribution in [0.3, 0.4) is 0 Å². The molecule has 4 amide bonds. The molecule has 9 rings (SSSR count). The van der Waals surface area contributed by atoms with E-state index in [1.165, 1.54) is 7.11 Å². The summed E-state index contributed by atoms with van der Waals surface area (Å²) in [4.78, 5) is 81.9. The van der Waals surface area contributed by atoms with Gasteiger partial charge in [0.2, 0.25) is 11.8 Å². The molecule has 0 bridgehead atoms. The number of carbonyl (C=O) groups is 5. The fourth-order valence-corrected chi connectivity index (χ4v) is 11.1. The highest BCUT2D eigenvalue weighted by Gasteiger charge is 2.76. The number of hydrogen-bond acceptors (Lipinski definition) is 12. The summed E-state index contributed by atoms with van der Waals surface area (Å²) in [5.41, 5.74) is 1.76. The lowest BCUT2D eigenvalue weighted by molar-refractivity contribution is -0.178. The van der Waals surface area contributed by atoms with Crippen molar-refractivity contribution in [2.24, 2.45) is 11.8 Å². The number of aliphatic hydroxyl groups excluding tert-OH is 2. The van der Waals surface area contributed by atoms with Gasteiger partial charge in [0.25, 0.3) is 0 Å². The Morgan fingerprint density at radius 3 is 2.11 bits per heavy atom. The van der Waals surface area contributed by atoms with E-state index in [4.69, 9.17) is 14.2 Å². The maximum absolute atomic E-state index is 16.9. The fraction of sp³-hybridized carbons (Fsp3) is 0.295. The minimum atomic E-state index is -2.23. The molecule has 0 aromatic heterocycles. The normalized spacial score (nSPS) is 21.5. The molecular formula is C61H61N5O10. The van der Waals surface area contributed by atoms with E-state index in [9.17, 15) is 15.0 Å². The third-order valence-electron chi connectivity index (χ3n) is 14.4. The number of ether oxygens (including phenoxy) is 3. The van der Waals surface area contributed by atoms with Crippen molar-refractivity contribution >= 4 is 35.5 Å². The second kappa shape index (κ2) is 23.2. The molecule has 76 heavy (non-hydrogen) atoms. The van der Waals surface area contributed by atoms with Crippen LogP contribution in [0.5, 0.6) is 5.75 Å². The van der Waals surface area contributed by atoms with Crippen molar-refractivity contribution in [2.45, 2.75) is 62.2 Å². The number of carbonyl (C=O) groups excluding carboxylic acids is 5. The minimum Gasteiger partial charge on any atom is -0.491 e. The molecule has 390 valence electrons. The molecule has 6 aromatic rings. The molecule has 8 atom stereocenters. The zero-order chi connectivity index (χ0) is 53.5. The van der Waals surface area contributed by atoms with E-state index in [-0.39, 0.29) is 36.8 Å². The van der Waals surface area contributed by atoms with E-state index in [2.05, 4.69) is 27.4 Å². The van der Waals surface area contributed by atoms with Gasteiger partial charge in [-0.05, 0) is 65.0 Å². The number of cyclic esters (lactones) is 1. The van der Waals surface area contributed by atoms with Gasteiger partial charge >= 0.3 is 18.0 Å². The summed E-state index contributed by atoms with van der Waals surface area (Å²) in [5.74, 6) is 1.35. The maximum atomic E-state index is 16.9. The first-order valence-electron chi connectivity index (χ1n) is 25.4. The van der Waals surface area contributed by atoms with Crippen molar-refractivity contribution in [3.05, 3.63) is 203 Å². The first-order chi connectivity index (χ1) is 36.9. The molecule has 2 saturated heterocycles. The Balaban J connectivity index is 1.32. The van der Waals surface area contributed by atoms with Gasteiger partial charge in [0, 0.05) is 24.2 Å². The number of esters is 2. The Labute approximate surface area is 442 Å². The number of morpholine rings is 1. The van der Waals surface area contributed by atoms with Crippen LogP contribution in [0.1, 0.15) is 77.1 Å². The number of benzene rings is 6. The summed E-state index contributed by atoms with van der Waals surface area (Å²) in [6, 6.07) is 43.2. The topological polar surface area (TPSA) is 187 Å². The van der Waals surface area contributed by atoms with Crippen molar-refractivity contribution in [3.8, 4) is 17.6 Å². The fourth-order valence-electron chi connectivity index (χ4n) is 11.1. The van der Waals surface area contributed by atoms with Gasteiger partial charge in [-0.25, -0.2) is 14.5 Å². The average molecular weight is 1020 g/mol. The lowest BCUT2D eigenvalue weighted by Crippen LogP contribution is -2.58. The van der Waals surface area contributed by atoms with E-state index < -0.39 is 83.4 Å². The highest BCUT2D eigenvalue weighted by atomic mass is 16.6. The molecule has 0 radical (unpaired) electrons. The van der Waals surface area contributed by atoms with Gasteiger partial charge < -0.3 is 35.1 Å². The number of urea groups is 1. The van der Waals surface area contributed by atoms with E-state index >= 15 is 19.2 Å². The molecule has 0 aliphatic carbocycles. The van der Waals surface area contributed by atoms with Crippen LogP contribution in [-0.4, -0.2) is 102 Å². The van der Waals surface area contributed by atoms with Crippen molar-refractivity contribution in [1.29, 1.82) is 0 Å². The summed E-state index contributed by atoms with van der Waals surface area (Å²) in [6.45, 7) is 3.58. The van der Waals surface area contributed by atoms with Crippen molar-refractivity contribution in [3.63, 3.8) is 0 Å². The Hall–Kier alpha value is -8.13. The number of imide groups is 1. The first-order valence-corrected chi connectivity index (χ1v) is 25.4. The van der Waals surface area contributed by atoms with Gasteiger partial charge in [-0.2, -0.15) is 0 Å². The second-order valence-corrected chi connectivity index (χ2v) is 19.6. The van der Waals surface area contributed by atoms with Gasteiger partial charge in [-0.15, -0.1) is 0 Å². The van der Waals surface area contributed by atoms with Crippen molar-refractivity contribution < 1.29 is 48.4 Å². The Morgan fingerprint density at radius 2 is 1.45 bits per heavy atom. The number of nitrogens with one attached hydrogen (secondary N) is 2. The van der Waals surface area contributed by atoms with Crippen molar-refractivity contribution in [1.82, 2.24) is 20.4 Å². The molecule has 3 aliphatic rings. The summed E-state index contributed by atoms with van der Waals surface area (Å²) in [6.07, 6.45) is -2.21. The van der Waals surface area contributed by atoms with Crippen LogP contribution in [0.4, 0.5) is 10.5 Å². The zero-order valence-electron chi connectivity index (χ0n) is 42.7. The third kappa shape index (κ3) is 10.2. The Kier molecular flexibility index (Phi) is 16.1. The van der Waals surface area contributed by atoms with Gasteiger partial charge in [-0.1, -0.05) is 165 Å². The molecule has 4 N–H and O–H groups in total. The SMILES string of the molecule is COC(=O)[C@@H](NC(=O)N1C(=O)[C@@]2(c3cc(C#CCN(C)Cc4ccccc4)ccc31)[C@H](c1ccccc1OCCO)N1[C@H](c3ccccc3)[C@H](c3ccccc3)OC(=O)[C@H]1[C@@H]2C(=O)NC[C@H](O)c1ccccc1)C(C)C. The van der Waals surface area contributed by atoms with Crippen LogP contribution in [0.15, 0.2) is 164 Å². The van der Waals surface area contributed by atoms with Crippen LogP contribution >= 0.6 is 0 Å². The van der Waals surface area contributed by atoms with Crippen LogP contribution in [-0.2, 0) is 40.6 Å². The number of rotatable bonds is 16. The summed E-state index contributed by atoms with van der Waals surface area (Å²) < 4.78 is 18.1. The average Bonchev–Trinajstić information content (AvgIpc) is 4.01. The van der Waals surface area contributed by atoms with Gasteiger partial charge in [0.1, 0.15) is 36.0 Å². The maximum Gasteiger partial charge on any atom is 0.329 e. The summed E-state index contributed by atoms with van der Waals surface area (Å²) >= 11 is 0. The van der Waals surface area contributed by atoms with E-state index in [0.29, 0.717) is 40.9 Å². The Morgan fingerprint density at radius 1 is 0.816 bits per heavy atom. The van der Waals surface area contributed by atoms with Crippen LogP contribution in [0.25, 0.3) is 0 Å². The molecule has 0 unspecified atom stereocenters. The molecule has 15 nitrogen and oxygen atoms in total. The molecule has 6 aromatic carbocycles. The molecule has 15 heteroatoms. The molecule has 3 aliphatic heterocycles. The van der Waals surface area contributed by atoms with Gasteiger partial charge in [0.05, 0.1) is 50.1 Å². The Bertz CT molecular complexity index is 3110. The van der Waals surface area contributed by atoms with E-state index in [0.717, 1.165) is 10.5 Å². The lowest BCUT2D eigenvalue weighted by Gasteiger charge is -2.46. The zero-order valence-corrected chi connectivity index (χ0v) is 42.7. The quantitative estimate of drug-likeness (QED) is 0.0578. The van der Waals surface area contributed by atoms with Crippen molar-refractivity contribution in [2.75, 3.05) is 45.4 Å². The summed E-state index contributed by atoms with van der Waals surface area (Å²) in [7, 11) is 3.15. The molecule has 0 saturated carbocycles. The number of methoxy groups -OCH3 is 1. The number of amides is 4. The number of para-hydroxylation sites is 1. The largest absolute Gasteiger partial charge is 0.491 e. The lowest BCUT2D eigenvalue weighted by atomic mass is 9.65. The van der Waals surface area contributed by atoms with E-state index in [1.54, 1.807) is 86.6 Å². The van der Waals surface area contributed by atoms with Gasteiger partial charge in [0.15, 0.2) is 0 Å². The molecular weight excluding hydrogens is 963 g/mol. The highest BCUT2D eigenvalue weighted by Crippen LogP contribution is 2.66. The third-order valence-corrected chi connectivity index (χ3v) is 14.4. The molecule has 2 fully saturated rings. The predicted octanol–water partition coefficient (Wildman–Crippen LogP) is 6.96. The first kappa shape index (κ1) is 52.7. The molecule has 3 heterocycles. The minimum absolute atomic E-state index is 0.0755. The summed E-state index contributed by atoms with van der Waals surface area (Å²) in [5, 5.41) is 27.5. The number of fused-ring (bicyclic) bond motifs is 3. The standard InChI is InChI=1S/C61H61N5O10/c1-39(2)51(57(70)74-4)63-60(73)65-47-32-31-40(22-19-33-64(3)38-41-20-9-5-10-21-41)36-46(47)61(59(65)72)50(56(69)62-37-48(68)42-23-11-6-12-24-42)53-58(71)76-54(44-27-15-8-16-28-44)52(43-25-13-7-14-26-43)66(53)55(61)45-29-17-18-30-49(45)75-35-34-67/h5-18,20-21,23-32,36,39,48,50-55,67-68H,33-35,37-38H2,1-4H3,(H,62,69)(H,63,73)/t48-,50+,51-,52+,53+,54-,55-,61+/m0/s1. The van der Waals surface area contributed by atoms with Gasteiger partial charge in [-0.3, -0.25) is 24.2 Å². The molecule has 1 spiro atoms. The number of nitrogens with zero attached hydrogens (tertiary/aromatic N) is 3. The number of hydrogen-bond donors (Lipinski definition) is 4. The van der Waals surface area contributed by atoms with Crippen LogP contribution < -0.4 is 20.3 Å². The highest BCUT2D eigenvalue weighted by molar-refractivity contribution is 6.25.